The van der Waals surface area contributed by atoms with Crippen LogP contribution in [0.15, 0.2) is 53.1 Å². The van der Waals surface area contributed by atoms with Crippen molar-refractivity contribution in [1.29, 1.82) is 0 Å². The fourth-order valence-corrected chi connectivity index (χ4v) is 4.38. The molecule has 2 heterocycles. The third kappa shape index (κ3) is 3.08. The van der Waals surface area contributed by atoms with Crippen LogP contribution in [-0.2, 0) is 0 Å². The van der Waals surface area contributed by atoms with Gasteiger partial charge >= 0.3 is 0 Å². The van der Waals surface area contributed by atoms with Gasteiger partial charge in [-0.15, -0.1) is 0 Å². The molecule has 0 aliphatic heterocycles. The Kier molecular flexibility index (Phi) is 4.36. The van der Waals surface area contributed by atoms with Crippen molar-refractivity contribution in [3.8, 4) is 17.1 Å². The molecule has 0 bridgehead atoms. The fraction of sp³-hybridized carbons (Fsp3) is 0.261. The first-order chi connectivity index (χ1) is 13.7. The van der Waals surface area contributed by atoms with Crippen LogP contribution in [-0.4, -0.2) is 11.1 Å². The molecule has 2 N–H and O–H groups in total. The number of anilines is 1. The minimum Gasteiger partial charge on any atom is -0.490 e. The number of halogens is 1. The Morgan fingerprint density at radius 1 is 1.07 bits per heavy atom. The highest BCUT2D eigenvalue weighted by Gasteiger charge is 2.19. The molecule has 1 aliphatic carbocycles. The van der Waals surface area contributed by atoms with Crippen LogP contribution in [0, 0.1) is 0 Å². The van der Waals surface area contributed by atoms with E-state index in [2.05, 4.69) is 4.98 Å². The lowest BCUT2D eigenvalue weighted by Gasteiger charge is -2.23. The van der Waals surface area contributed by atoms with E-state index in [-0.39, 0.29) is 6.10 Å². The Morgan fingerprint density at radius 3 is 2.71 bits per heavy atom. The van der Waals surface area contributed by atoms with Crippen LogP contribution in [0.25, 0.3) is 33.1 Å². The maximum Gasteiger partial charge on any atom is 0.137 e. The van der Waals surface area contributed by atoms with Crippen molar-refractivity contribution in [3.63, 3.8) is 0 Å². The van der Waals surface area contributed by atoms with Gasteiger partial charge in [0.05, 0.1) is 11.1 Å². The topological polar surface area (TPSA) is 61.3 Å². The summed E-state index contributed by atoms with van der Waals surface area (Å²) in [4.78, 5) is 4.35. The Morgan fingerprint density at radius 2 is 1.89 bits per heavy atom. The highest BCUT2D eigenvalue weighted by atomic mass is 35.5. The van der Waals surface area contributed by atoms with Crippen LogP contribution in [0.5, 0.6) is 5.75 Å². The number of fused-ring (bicyclic) bond motifs is 2. The number of nitrogen functional groups attached to an aromatic ring is 1. The van der Waals surface area contributed by atoms with Crippen LogP contribution < -0.4 is 10.5 Å². The van der Waals surface area contributed by atoms with Crippen LogP contribution >= 0.6 is 11.6 Å². The molecular weight excluding hydrogens is 372 g/mol. The highest BCUT2D eigenvalue weighted by molar-refractivity contribution is 6.37. The smallest absolute Gasteiger partial charge is 0.137 e. The lowest BCUT2D eigenvalue weighted by atomic mass is 9.97. The normalized spacial score (nSPS) is 15.3. The summed E-state index contributed by atoms with van der Waals surface area (Å²) in [6.45, 7) is 0. The van der Waals surface area contributed by atoms with Gasteiger partial charge in [-0.2, -0.15) is 0 Å². The summed E-state index contributed by atoms with van der Waals surface area (Å²) in [5, 5.41) is 3.22. The van der Waals surface area contributed by atoms with Crippen LogP contribution in [0.2, 0.25) is 5.02 Å². The average Bonchev–Trinajstić information content (AvgIpc) is 3.12. The highest BCUT2D eigenvalue weighted by Crippen LogP contribution is 2.40. The van der Waals surface area contributed by atoms with E-state index < -0.39 is 0 Å². The number of hydrogen-bond donors (Lipinski definition) is 1. The predicted octanol–water partition coefficient (Wildman–Crippen LogP) is 6.60. The first kappa shape index (κ1) is 17.4. The van der Waals surface area contributed by atoms with Crippen LogP contribution in [0.1, 0.15) is 32.1 Å². The summed E-state index contributed by atoms with van der Waals surface area (Å²) in [6, 6.07) is 13.8. The zero-order valence-electron chi connectivity index (χ0n) is 15.5. The molecule has 0 atom stereocenters. The van der Waals surface area contributed by atoms with Gasteiger partial charge in [-0.05, 0) is 49.9 Å². The first-order valence-corrected chi connectivity index (χ1v) is 10.1. The molecule has 28 heavy (non-hydrogen) atoms. The summed E-state index contributed by atoms with van der Waals surface area (Å²) in [5.41, 5.74) is 7.84. The number of pyridine rings is 1. The summed E-state index contributed by atoms with van der Waals surface area (Å²) in [6.07, 6.45) is 7.89. The standard InChI is InChI=1S/C23H21ClN2O2/c24-19-12-16(27-15-7-2-1-3-8-15)11-17-18(13-26-23(25)22(17)19)21-10-14-6-4-5-9-20(14)28-21/h4-6,9-13,15H,1-3,7-8H2,(H2,25,26). The van der Waals surface area contributed by atoms with E-state index in [1.54, 1.807) is 6.20 Å². The lowest BCUT2D eigenvalue weighted by molar-refractivity contribution is 0.155. The molecule has 4 nitrogen and oxygen atoms in total. The van der Waals surface area contributed by atoms with Gasteiger partial charge in [0.25, 0.3) is 0 Å². The maximum atomic E-state index is 6.59. The van der Waals surface area contributed by atoms with Crippen LogP contribution in [0.3, 0.4) is 0 Å². The monoisotopic (exact) mass is 392 g/mol. The quantitative estimate of drug-likeness (QED) is 0.427. The molecule has 0 radical (unpaired) electrons. The Balaban J connectivity index is 1.65. The SMILES string of the molecule is Nc1ncc(-c2cc3ccccc3o2)c2cc(OC3CCCCC3)cc(Cl)c12. The average molecular weight is 393 g/mol. The molecule has 1 saturated carbocycles. The van der Waals surface area contributed by atoms with E-state index in [9.17, 15) is 0 Å². The molecule has 1 fully saturated rings. The van der Waals surface area contributed by atoms with Crippen LogP contribution in [0.4, 0.5) is 5.82 Å². The van der Waals surface area contributed by atoms with Crippen molar-refractivity contribution >= 4 is 39.2 Å². The first-order valence-electron chi connectivity index (χ1n) is 9.72. The number of hydrogen-bond acceptors (Lipinski definition) is 4. The van der Waals surface area contributed by atoms with Gasteiger partial charge in [0.1, 0.15) is 22.9 Å². The fourth-order valence-electron chi connectivity index (χ4n) is 4.08. The third-order valence-corrected chi connectivity index (χ3v) is 5.79. The molecule has 2 aromatic heterocycles. The zero-order valence-corrected chi connectivity index (χ0v) is 16.2. The number of ether oxygens (including phenoxy) is 1. The summed E-state index contributed by atoms with van der Waals surface area (Å²) < 4.78 is 12.3. The third-order valence-electron chi connectivity index (χ3n) is 5.49. The Labute approximate surface area is 168 Å². The number of aromatic nitrogens is 1. The van der Waals surface area contributed by atoms with E-state index in [4.69, 9.17) is 26.5 Å². The largest absolute Gasteiger partial charge is 0.490 e. The van der Waals surface area contributed by atoms with Gasteiger partial charge in [0, 0.05) is 27.9 Å². The molecule has 1 aliphatic rings. The number of benzene rings is 2. The van der Waals surface area contributed by atoms with E-state index in [0.29, 0.717) is 10.8 Å². The second-order valence-electron chi connectivity index (χ2n) is 7.41. The Hall–Kier alpha value is -2.72. The van der Waals surface area contributed by atoms with Crippen molar-refractivity contribution in [3.05, 3.63) is 53.7 Å². The second-order valence-corrected chi connectivity index (χ2v) is 7.82. The molecule has 5 rings (SSSR count). The molecule has 0 amide bonds. The second kappa shape index (κ2) is 7.02. The van der Waals surface area contributed by atoms with E-state index in [1.807, 2.05) is 42.5 Å². The molecule has 142 valence electrons. The van der Waals surface area contributed by atoms with Gasteiger partial charge < -0.3 is 14.9 Å². The molecule has 0 unspecified atom stereocenters. The number of nitrogens with zero attached hydrogens (tertiary/aromatic N) is 1. The lowest BCUT2D eigenvalue weighted by Crippen LogP contribution is -2.19. The van der Waals surface area contributed by atoms with E-state index in [0.717, 1.165) is 51.7 Å². The van der Waals surface area contributed by atoms with Crippen molar-refractivity contribution in [2.75, 3.05) is 5.73 Å². The molecule has 0 saturated heterocycles. The van der Waals surface area contributed by atoms with E-state index in [1.165, 1.54) is 19.3 Å². The zero-order chi connectivity index (χ0) is 19.1. The minimum atomic E-state index is 0.246. The van der Waals surface area contributed by atoms with Gasteiger partial charge in [-0.1, -0.05) is 36.2 Å². The van der Waals surface area contributed by atoms with Gasteiger partial charge in [-0.3, -0.25) is 0 Å². The maximum absolute atomic E-state index is 6.59. The molecular formula is C23H21ClN2O2. The molecule has 0 spiro atoms. The molecule has 5 heteroatoms. The number of para-hydroxylation sites is 1. The van der Waals surface area contributed by atoms with Crippen molar-refractivity contribution in [2.24, 2.45) is 0 Å². The minimum absolute atomic E-state index is 0.246. The molecule has 2 aromatic carbocycles. The van der Waals surface area contributed by atoms with E-state index >= 15 is 0 Å². The Bertz CT molecular complexity index is 1130. The van der Waals surface area contributed by atoms with Gasteiger partial charge in [0.15, 0.2) is 0 Å². The summed E-state index contributed by atoms with van der Waals surface area (Å²) in [7, 11) is 0. The van der Waals surface area contributed by atoms with Gasteiger partial charge in [0.2, 0.25) is 0 Å². The van der Waals surface area contributed by atoms with Crippen molar-refractivity contribution < 1.29 is 9.15 Å². The molecule has 4 aromatic rings. The number of rotatable bonds is 3. The predicted molar refractivity (Wildman–Crippen MR) is 114 cm³/mol. The summed E-state index contributed by atoms with van der Waals surface area (Å²) in [5.74, 6) is 1.92. The number of nitrogens with two attached hydrogens (primary N) is 1. The van der Waals surface area contributed by atoms with Gasteiger partial charge in [-0.25, -0.2) is 4.98 Å². The number of furan rings is 1. The van der Waals surface area contributed by atoms with Crippen molar-refractivity contribution in [2.45, 2.75) is 38.2 Å². The summed E-state index contributed by atoms with van der Waals surface area (Å²) >= 11 is 6.59. The van der Waals surface area contributed by atoms with Crippen molar-refractivity contribution in [1.82, 2.24) is 4.98 Å².